The summed E-state index contributed by atoms with van der Waals surface area (Å²) in [6.07, 6.45) is 1.93. The molecule has 1 N–H and O–H groups in total. The van der Waals surface area contributed by atoms with Crippen LogP contribution in [0.2, 0.25) is 0 Å². The average Bonchev–Trinajstić information content (AvgIpc) is 2.54. The summed E-state index contributed by atoms with van der Waals surface area (Å²) in [6, 6.07) is 0. The standard InChI is InChI=1S/C11H24N2O2S/c1-5-12-9-10(2)16(14,15)13-8-6-7-11(13,3)4/h10,12H,5-9H2,1-4H3. The first-order valence-electron chi connectivity index (χ1n) is 6.04. The quantitative estimate of drug-likeness (QED) is 0.795. The molecule has 1 fully saturated rings. The van der Waals surface area contributed by atoms with Crippen molar-refractivity contribution in [1.82, 2.24) is 9.62 Å². The predicted molar refractivity (Wildman–Crippen MR) is 66.9 cm³/mol. The Bertz CT molecular complexity index is 325. The summed E-state index contributed by atoms with van der Waals surface area (Å²) in [4.78, 5) is 0. The molecule has 0 aromatic carbocycles. The first-order valence-corrected chi connectivity index (χ1v) is 7.55. The average molecular weight is 248 g/mol. The normalized spacial score (nSPS) is 23.5. The third-order valence-electron chi connectivity index (χ3n) is 3.32. The fourth-order valence-electron chi connectivity index (χ4n) is 2.22. The van der Waals surface area contributed by atoms with Crippen molar-refractivity contribution in [2.24, 2.45) is 0 Å². The highest BCUT2D eigenvalue weighted by Gasteiger charge is 2.42. The maximum atomic E-state index is 12.3. The highest BCUT2D eigenvalue weighted by atomic mass is 32.2. The van der Waals surface area contributed by atoms with E-state index >= 15 is 0 Å². The fraction of sp³-hybridized carbons (Fsp3) is 1.00. The van der Waals surface area contributed by atoms with Crippen LogP contribution in [0.5, 0.6) is 0 Å². The van der Waals surface area contributed by atoms with E-state index in [1.807, 2.05) is 20.8 Å². The third-order valence-corrected chi connectivity index (χ3v) is 5.80. The molecular weight excluding hydrogens is 224 g/mol. The van der Waals surface area contributed by atoms with E-state index in [2.05, 4.69) is 5.32 Å². The van der Waals surface area contributed by atoms with Gasteiger partial charge >= 0.3 is 0 Å². The zero-order chi connectivity index (χ0) is 12.4. The van der Waals surface area contributed by atoms with Gasteiger partial charge in [0.2, 0.25) is 10.0 Å². The fourth-order valence-corrected chi connectivity index (χ4v) is 4.15. The summed E-state index contributed by atoms with van der Waals surface area (Å²) in [5, 5.41) is 2.76. The molecule has 1 rings (SSSR count). The van der Waals surface area contributed by atoms with Crippen molar-refractivity contribution < 1.29 is 8.42 Å². The lowest BCUT2D eigenvalue weighted by molar-refractivity contribution is 0.288. The second-order valence-electron chi connectivity index (χ2n) is 5.15. The van der Waals surface area contributed by atoms with E-state index < -0.39 is 10.0 Å². The van der Waals surface area contributed by atoms with E-state index in [0.29, 0.717) is 13.1 Å². The van der Waals surface area contributed by atoms with Crippen molar-refractivity contribution in [1.29, 1.82) is 0 Å². The Morgan fingerprint density at radius 3 is 2.50 bits per heavy atom. The molecule has 5 heteroatoms. The van der Waals surface area contributed by atoms with Gasteiger partial charge in [-0.1, -0.05) is 6.92 Å². The molecule has 0 aliphatic carbocycles. The maximum Gasteiger partial charge on any atom is 0.218 e. The first-order chi connectivity index (χ1) is 7.32. The molecule has 1 saturated heterocycles. The Morgan fingerprint density at radius 2 is 2.06 bits per heavy atom. The Kier molecular flexibility index (Phi) is 4.37. The number of nitrogens with one attached hydrogen (secondary N) is 1. The summed E-state index contributed by atoms with van der Waals surface area (Å²) in [5.74, 6) is 0. The molecule has 0 bridgehead atoms. The minimum absolute atomic E-state index is 0.209. The zero-order valence-electron chi connectivity index (χ0n) is 10.8. The number of sulfonamides is 1. The Balaban J connectivity index is 2.77. The molecule has 0 saturated carbocycles. The van der Waals surface area contributed by atoms with E-state index in [4.69, 9.17) is 0 Å². The van der Waals surface area contributed by atoms with Crippen LogP contribution in [0.3, 0.4) is 0 Å². The van der Waals surface area contributed by atoms with Crippen molar-refractivity contribution >= 4 is 10.0 Å². The summed E-state index contributed by atoms with van der Waals surface area (Å²) >= 11 is 0. The van der Waals surface area contributed by atoms with Crippen LogP contribution in [0.25, 0.3) is 0 Å². The van der Waals surface area contributed by atoms with Crippen LogP contribution in [0.1, 0.15) is 40.5 Å². The molecule has 0 amide bonds. The zero-order valence-corrected chi connectivity index (χ0v) is 11.6. The van der Waals surface area contributed by atoms with Gasteiger partial charge in [-0.05, 0) is 40.2 Å². The van der Waals surface area contributed by atoms with Crippen molar-refractivity contribution in [3.8, 4) is 0 Å². The van der Waals surface area contributed by atoms with Gasteiger partial charge < -0.3 is 5.32 Å². The summed E-state index contributed by atoms with van der Waals surface area (Å²) in [7, 11) is -3.15. The third kappa shape index (κ3) is 2.76. The lowest BCUT2D eigenvalue weighted by Crippen LogP contribution is -2.48. The van der Waals surface area contributed by atoms with Gasteiger partial charge in [0.05, 0.1) is 5.25 Å². The highest BCUT2D eigenvalue weighted by Crippen LogP contribution is 2.32. The number of rotatable bonds is 5. The van der Waals surface area contributed by atoms with Crippen molar-refractivity contribution in [2.75, 3.05) is 19.6 Å². The monoisotopic (exact) mass is 248 g/mol. The van der Waals surface area contributed by atoms with E-state index in [-0.39, 0.29) is 10.8 Å². The Morgan fingerprint density at radius 1 is 1.44 bits per heavy atom. The maximum absolute atomic E-state index is 12.3. The van der Waals surface area contributed by atoms with E-state index in [0.717, 1.165) is 19.4 Å². The van der Waals surface area contributed by atoms with Gasteiger partial charge in [-0.2, -0.15) is 4.31 Å². The number of hydrogen-bond acceptors (Lipinski definition) is 3. The molecule has 4 nitrogen and oxygen atoms in total. The first kappa shape index (κ1) is 13.9. The van der Waals surface area contributed by atoms with E-state index in [1.165, 1.54) is 0 Å². The molecule has 96 valence electrons. The topological polar surface area (TPSA) is 49.4 Å². The van der Waals surface area contributed by atoms with Crippen molar-refractivity contribution in [2.45, 2.75) is 51.3 Å². The molecule has 1 heterocycles. The second-order valence-corrected chi connectivity index (χ2v) is 7.43. The van der Waals surface area contributed by atoms with Crippen molar-refractivity contribution in [3.63, 3.8) is 0 Å². The van der Waals surface area contributed by atoms with Crippen LogP contribution in [0.4, 0.5) is 0 Å². The van der Waals surface area contributed by atoms with Gasteiger partial charge in [0.15, 0.2) is 0 Å². The summed E-state index contributed by atoms with van der Waals surface area (Å²) < 4.78 is 26.4. The molecule has 1 unspecified atom stereocenters. The van der Waals surface area contributed by atoms with Gasteiger partial charge in [-0.25, -0.2) is 8.42 Å². The number of nitrogens with zero attached hydrogens (tertiary/aromatic N) is 1. The molecule has 1 atom stereocenters. The van der Waals surface area contributed by atoms with Crippen LogP contribution in [0.15, 0.2) is 0 Å². The van der Waals surface area contributed by atoms with E-state index in [9.17, 15) is 8.42 Å². The van der Waals surface area contributed by atoms with Crippen LogP contribution in [-0.4, -0.2) is 43.1 Å². The lowest BCUT2D eigenvalue weighted by Gasteiger charge is -2.32. The van der Waals surface area contributed by atoms with Gasteiger partial charge in [-0.3, -0.25) is 0 Å². The highest BCUT2D eigenvalue weighted by molar-refractivity contribution is 7.89. The molecular formula is C11H24N2O2S. The molecule has 0 radical (unpaired) electrons. The van der Waals surface area contributed by atoms with Gasteiger partial charge in [0, 0.05) is 18.6 Å². The Hall–Kier alpha value is -0.130. The van der Waals surface area contributed by atoms with Crippen LogP contribution in [0, 0.1) is 0 Å². The molecule has 1 aliphatic heterocycles. The van der Waals surface area contributed by atoms with Gasteiger partial charge in [0.25, 0.3) is 0 Å². The largest absolute Gasteiger partial charge is 0.316 e. The smallest absolute Gasteiger partial charge is 0.218 e. The molecule has 0 aromatic rings. The Labute approximate surface area is 99.5 Å². The van der Waals surface area contributed by atoms with Crippen LogP contribution in [-0.2, 0) is 10.0 Å². The number of hydrogen-bond donors (Lipinski definition) is 1. The molecule has 0 spiro atoms. The van der Waals surface area contributed by atoms with Crippen LogP contribution < -0.4 is 5.32 Å². The lowest BCUT2D eigenvalue weighted by atomic mass is 10.0. The minimum Gasteiger partial charge on any atom is -0.316 e. The SMILES string of the molecule is CCNCC(C)S(=O)(=O)N1CCCC1(C)C. The van der Waals surface area contributed by atoms with Gasteiger partial charge in [0.1, 0.15) is 0 Å². The van der Waals surface area contributed by atoms with Crippen LogP contribution >= 0.6 is 0 Å². The molecule has 0 aromatic heterocycles. The minimum atomic E-state index is -3.15. The molecule has 1 aliphatic rings. The summed E-state index contributed by atoms with van der Waals surface area (Å²) in [6.45, 7) is 9.81. The van der Waals surface area contributed by atoms with E-state index in [1.54, 1.807) is 11.2 Å². The van der Waals surface area contributed by atoms with Crippen molar-refractivity contribution in [3.05, 3.63) is 0 Å². The molecule has 16 heavy (non-hydrogen) atoms. The predicted octanol–water partition coefficient (Wildman–Crippen LogP) is 1.19. The van der Waals surface area contributed by atoms with Gasteiger partial charge in [-0.15, -0.1) is 0 Å². The second kappa shape index (κ2) is 5.02. The summed E-state index contributed by atoms with van der Waals surface area (Å²) in [5.41, 5.74) is -0.209.